The van der Waals surface area contributed by atoms with Crippen molar-refractivity contribution >= 4 is 24.5 Å². The molecular weight excluding hydrogens is 276 g/mol. The number of carboxylic acid groups (broad SMARTS) is 1. The van der Waals surface area contributed by atoms with Crippen LogP contribution in [0.25, 0.3) is 0 Å². The fourth-order valence-electron chi connectivity index (χ4n) is 1.72. The summed E-state index contributed by atoms with van der Waals surface area (Å²) in [5, 5.41) is 14.4. The van der Waals surface area contributed by atoms with Crippen molar-refractivity contribution < 1.29 is 14.7 Å². The van der Waals surface area contributed by atoms with Crippen LogP contribution in [0, 0.1) is 0 Å². The molecule has 1 amide bonds. The van der Waals surface area contributed by atoms with Crippen molar-refractivity contribution in [3.63, 3.8) is 0 Å². The van der Waals surface area contributed by atoms with E-state index in [2.05, 4.69) is 23.3 Å². The van der Waals surface area contributed by atoms with Crippen LogP contribution in [-0.2, 0) is 16.0 Å². The number of carbonyl (C=O) groups is 2. The molecule has 1 aromatic rings. The summed E-state index contributed by atoms with van der Waals surface area (Å²) in [5.41, 5.74) is 1.02. The van der Waals surface area contributed by atoms with E-state index in [1.165, 1.54) is 6.92 Å². The molecule has 0 spiro atoms. The molecule has 5 nitrogen and oxygen atoms in total. The molecule has 0 fully saturated rings. The maximum atomic E-state index is 12.1. The molecule has 1 rings (SSSR count). The van der Waals surface area contributed by atoms with Gasteiger partial charge in [0.1, 0.15) is 6.04 Å². The zero-order valence-electron chi connectivity index (χ0n) is 11.4. The molecule has 3 N–H and O–H groups in total. The van der Waals surface area contributed by atoms with Crippen LogP contribution < -0.4 is 10.6 Å². The van der Waals surface area contributed by atoms with E-state index >= 15 is 0 Å². The third-order valence-electron chi connectivity index (χ3n) is 2.83. The standard InChI is InChI=1S/C14H20N2O3S/c1-10(14(18)19)16-13(17)12(15-7-8-20)9-11-5-3-2-4-6-11/h2-6,10,12,15,20H,7-9H2,1H3,(H,16,17)(H,18,19)/t10-,12-/m0/s1. The van der Waals surface area contributed by atoms with Crippen LogP contribution in [0.4, 0.5) is 0 Å². The number of hydrogen-bond acceptors (Lipinski definition) is 4. The number of carbonyl (C=O) groups excluding carboxylic acids is 1. The first-order chi connectivity index (χ1) is 9.54. The van der Waals surface area contributed by atoms with E-state index in [1.807, 2.05) is 30.3 Å². The summed E-state index contributed by atoms with van der Waals surface area (Å²) in [7, 11) is 0. The molecule has 2 atom stereocenters. The highest BCUT2D eigenvalue weighted by Gasteiger charge is 2.22. The molecule has 0 saturated carbocycles. The molecular formula is C14H20N2O3S. The Morgan fingerprint density at radius 1 is 1.30 bits per heavy atom. The highest BCUT2D eigenvalue weighted by molar-refractivity contribution is 7.80. The fourth-order valence-corrected chi connectivity index (χ4v) is 1.85. The lowest BCUT2D eigenvalue weighted by Gasteiger charge is -2.19. The lowest BCUT2D eigenvalue weighted by Crippen LogP contribution is -2.50. The van der Waals surface area contributed by atoms with Crippen LogP contribution in [-0.4, -0.2) is 41.4 Å². The Balaban J connectivity index is 2.67. The van der Waals surface area contributed by atoms with Crippen LogP contribution in [0.3, 0.4) is 0 Å². The predicted octanol–water partition coefficient (Wildman–Crippen LogP) is 0.706. The summed E-state index contributed by atoms with van der Waals surface area (Å²) in [6, 6.07) is 8.22. The monoisotopic (exact) mass is 296 g/mol. The second kappa shape index (κ2) is 8.60. The van der Waals surface area contributed by atoms with E-state index in [0.29, 0.717) is 18.7 Å². The molecule has 0 aliphatic heterocycles. The van der Waals surface area contributed by atoms with Gasteiger partial charge in [0.15, 0.2) is 0 Å². The van der Waals surface area contributed by atoms with Gasteiger partial charge in [-0.1, -0.05) is 30.3 Å². The van der Waals surface area contributed by atoms with Gasteiger partial charge in [-0.25, -0.2) is 0 Å². The fraction of sp³-hybridized carbons (Fsp3) is 0.429. The van der Waals surface area contributed by atoms with Crippen LogP contribution in [0.1, 0.15) is 12.5 Å². The summed E-state index contributed by atoms with van der Waals surface area (Å²) in [5.74, 6) is -0.760. The Morgan fingerprint density at radius 3 is 2.50 bits per heavy atom. The zero-order valence-corrected chi connectivity index (χ0v) is 12.3. The molecule has 0 saturated heterocycles. The van der Waals surface area contributed by atoms with Crippen molar-refractivity contribution in [3.05, 3.63) is 35.9 Å². The van der Waals surface area contributed by atoms with Crippen LogP contribution >= 0.6 is 12.6 Å². The van der Waals surface area contributed by atoms with Gasteiger partial charge in [-0.05, 0) is 18.9 Å². The third kappa shape index (κ3) is 5.63. The number of aliphatic carboxylic acids is 1. The average Bonchev–Trinajstić information content (AvgIpc) is 2.44. The summed E-state index contributed by atoms with van der Waals surface area (Å²) >= 11 is 4.10. The minimum absolute atomic E-state index is 0.314. The highest BCUT2D eigenvalue weighted by atomic mass is 32.1. The lowest BCUT2D eigenvalue weighted by atomic mass is 10.0. The Bertz CT molecular complexity index is 439. The van der Waals surface area contributed by atoms with Gasteiger partial charge >= 0.3 is 5.97 Å². The normalized spacial score (nSPS) is 13.5. The highest BCUT2D eigenvalue weighted by Crippen LogP contribution is 2.04. The number of thiol groups is 1. The van der Waals surface area contributed by atoms with Crippen LogP contribution in [0.15, 0.2) is 30.3 Å². The first-order valence-corrected chi connectivity index (χ1v) is 7.09. The molecule has 1 aromatic carbocycles. The smallest absolute Gasteiger partial charge is 0.325 e. The molecule has 0 radical (unpaired) electrons. The maximum absolute atomic E-state index is 12.1. The number of amides is 1. The largest absolute Gasteiger partial charge is 0.480 e. The Morgan fingerprint density at radius 2 is 1.95 bits per heavy atom. The van der Waals surface area contributed by atoms with Crippen LogP contribution in [0.2, 0.25) is 0 Å². The van der Waals surface area contributed by atoms with Crippen molar-refractivity contribution in [3.8, 4) is 0 Å². The number of benzene rings is 1. The Labute approximate surface area is 124 Å². The second-order valence-electron chi connectivity index (χ2n) is 4.49. The van der Waals surface area contributed by atoms with E-state index in [4.69, 9.17) is 5.11 Å². The molecule has 0 bridgehead atoms. The van der Waals surface area contributed by atoms with E-state index in [9.17, 15) is 9.59 Å². The van der Waals surface area contributed by atoms with Gasteiger partial charge in [0, 0.05) is 12.3 Å². The van der Waals surface area contributed by atoms with E-state index in [1.54, 1.807) is 0 Å². The van der Waals surface area contributed by atoms with Gasteiger partial charge in [0.25, 0.3) is 0 Å². The molecule has 0 aliphatic carbocycles. The Kier molecular flexibility index (Phi) is 7.11. The summed E-state index contributed by atoms with van der Waals surface area (Å²) in [6.07, 6.45) is 0.507. The number of carboxylic acids is 1. The van der Waals surface area contributed by atoms with Gasteiger partial charge in [0.2, 0.25) is 5.91 Å². The van der Waals surface area contributed by atoms with Gasteiger partial charge in [-0.3, -0.25) is 9.59 Å². The van der Waals surface area contributed by atoms with Crippen molar-refractivity contribution in [1.29, 1.82) is 0 Å². The van der Waals surface area contributed by atoms with Gasteiger partial charge in [-0.15, -0.1) is 0 Å². The maximum Gasteiger partial charge on any atom is 0.325 e. The van der Waals surface area contributed by atoms with E-state index < -0.39 is 18.1 Å². The van der Waals surface area contributed by atoms with Crippen molar-refractivity contribution in [2.75, 3.05) is 12.3 Å². The minimum atomic E-state index is -1.05. The first kappa shape index (κ1) is 16.5. The van der Waals surface area contributed by atoms with Gasteiger partial charge in [0.05, 0.1) is 6.04 Å². The topological polar surface area (TPSA) is 78.4 Å². The molecule has 110 valence electrons. The third-order valence-corrected chi connectivity index (χ3v) is 3.05. The molecule has 0 unspecified atom stereocenters. The SMILES string of the molecule is C[C@H](NC(=O)[C@H](Cc1ccccc1)NCCS)C(=O)O. The summed E-state index contributed by atoms with van der Waals surface area (Å²) < 4.78 is 0. The van der Waals surface area contributed by atoms with Gasteiger partial charge < -0.3 is 15.7 Å². The number of rotatable bonds is 8. The average molecular weight is 296 g/mol. The predicted molar refractivity (Wildman–Crippen MR) is 81.0 cm³/mol. The summed E-state index contributed by atoms with van der Waals surface area (Å²) in [4.78, 5) is 22.9. The molecule has 0 aromatic heterocycles. The van der Waals surface area contributed by atoms with Crippen LogP contribution in [0.5, 0.6) is 0 Å². The quantitative estimate of drug-likeness (QED) is 0.533. The van der Waals surface area contributed by atoms with Gasteiger partial charge in [-0.2, -0.15) is 12.6 Å². The van der Waals surface area contributed by atoms with Crippen molar-refractivity contribution in [2.24, 2.45) is 0 Å². The minimum Gasteiger partial charge on any atom is -0.480 e. The molecule has 0 aliphatic rings. The number of hydrogen-bond donors (Lipinski definition) is 4. The lowest BCUT2D eigenvalue weighted by molar-refractivity contribution is -0.141. The van der Waals surface area contributed by atoms with Crippen molar-refractivity contribution in [2.45, 2.75) is 25.4 Å². The van der Waals surface area contributed by atoms with E-state index in [0.717, 1.165) is 5.56 Å². The molecule has 20 heavy (non-hydrogen) atoms. The first-order valence-electron chi connectivity index (χ1n) is 6.46. The molecule has 6 heteroatoms. The zero-order chi connectivity index (χ0) is 15.0. The van der Waals surface area contributed by atoms with Crippen molar-refractivity contribution in [1.82, 2.24) is 10.6 Å². The Hall–Kier alpha value is -1.53. The summed E-state index contributed by atoms with van der Waals surface area (Å²) in [6.45, 7) is 2.02. The molecule has 0 heterocycles. The van der Waals surface area contributed by atoms with E-state index in [-0.39, 0.29) is 5.91 Å². The second-order valence-corrected chi connectivity index (χ2v) is 4.94. The number of nitrogens with one attached hydrogen (secondary N) is 2.